The van der Waals surface area contributed by atoms with Gasteiger partial charge in [0.15, 0.2) is 0 Å². The van der Waals surface area contributed by atoms with Gasteiger partial charge in [0.25, 0.3) is 0 Å². The first-order valence-corrected chi connectivity index (χ1v) is 11.1. The normalized spacial score (nSPS) is 16.6. The number of benzene rings is 1. The molecule has 2 atom stereocenters. The quantitative estimate of drug-likeness (QED) is 0.721. The summed E-state index contributed by atoms with van der Waals surface area (Å²) in [6, 6.07) is 10.9. The number of rotatable bonds is 8. The summed E-state index contributed by atoms with van der Waals surface area (Å²) in [5, 5.41) is 3.51. The Morgan fingerprint density at radius 1 is 1.00 bits per heavy atom. The van der Waals surface area contributed by atoms with Crippen LogP contribution < -0.4 is 10.2 Å². The number of hydrogen-bond donors (Lipinski definition) is 1. The number of piperazine rings is 1. The first kappa shape index (κ1) is 22.2. The lowest BCUT2D eigenvalue weighted by atomic mass is 9.92. The highest BCUT2D eigenvalue weighted by atomic mass is 16.2. The van der Waals surface area contributed by atoms with Crippen LogP contribution in [-0.2, 0) is 4.79 Å². The molecule has 1 aliphatic rings. The van der Waals surface area contributed by atoms with E-state index < -0.39 is 0 Å². The Hall–Kier alpha value is -2.47. The lowest BCUT2D eigenvalue weighted by Crippen LogP contribution is -2.51. The molecule has 2 aromatic rings. The highest BCUT2D eigenvalue weighted by molar-refractivity contribution is 5.78. The fourth-order valence-corrected chi connectivity index (χ4v) is 3.93. The van der Waals surface area contributed by atoms with Crippen LogP contribution in [0.1, 0.15) is 57.2 Å². The molecule has 1 amide bonds. The topological polar surface area (TPSA) is 61.4 Å². The molecule has 1 aliphatic heterocycles. The highest BCUT2D eigenvalue weighted by Gasteiger charge is 2.24. The number of carbonyl (C=O) groups is 1. The second-order valence-electron chi connectivity index (χ2n) is 8.50. The second kappa shape index (κ2) is 10.5. The molecule has 1 aromatic carbocycles. The van der Waals surface area contributed by atoms with Crippen molar-refractivity contribution in [1.82, 2.24) is 20.2 Å². The van der Waals surface area contributed by atoms with E-state index in [9.17, 15) is 4.79 Å². The zero-order chi connectivity index (χ0) is 21.5. The van der Waals surface area contributed by atoms with E-state index in [1.165, 1.54) is 11.1 Å². The van der Waals surface area contributed by atoms with E-state index in [1.807, 2.05) is 11.0 Å². The van der Waals surface area contributed by atoms with Crippen LogP contribution >= 0.6 is 0 Å². The highest BCUT2D eigenvalue weighted by Crippen LogP contribution is 2.25. The summed E-state index contributed by atoms with van der Waals surface area (Å²) in [5.41, 5.74) is 2.62. The first-order chi connectivity index (χ1) is 14.5. The third-order valence-electron chi connectivity index (χ3n) is 6.08. The van der Waals surface area contributed by atoms with E-state index >= 15 is 0 Å². The van der Waals surface area contributed by atoms with Gasteiger partial charge in [-0.3, -0.25) is 4.79 Å². The van der Waals surface area contributed by atoms with Gasteiger partial charge in [0.1, 0.15) is 0 Å². The molecule has 0 aliphatic carbocycles. The molecule has 2 unspecified atom stereocenters. The molecule has 0 bridgehead atoms. The van der Waals surface area contributed by atoms with Gasteiger partial charge < -0.3 is 15.1 Å². The van der Waals surface area contributed by atoms with Crippen molar-refractivity contribution in [1.29, 1.82) is 0 Å². The van der Waals surface area contributed by atoms with E-state index in [0.717, 1.165) is 25.5 Å². The SMILES string of the molecule is CCC(C)c1ccc(C(NCC(=O)N2CCN(c3ncccn3)CC2)C(C)C)cc1. The van der Waals surface area contributed by atoms with Crippen molar-refractivity contribution in [3.8, 4) is 0 Å². The van der Waals surface area contributed by atoms with E-state index in [0.29, 0.717) is 31.5 Å². The minimum atomic E-state index is 0.158. The minimum Gasteiger partial charge on any atom is -0.338 e. The summed E-state index contributed by atoms with van der Waals surface area (Å²) in [6.07, 6.45) is 4.65. The monoisotopic (exact) mass is 409 g/mol. The molecule has 30 heavy (non-hydrogen) atoms. The largest absolute Gasteiger partial charge is 0.338 e. The molecule has 1 fully saturated rings. The number of amides is 1. The summed E-state index contributed by atoms with van der Waals surface area (Å²) < 4.78 is 0. The van der Waals surface area contributed by atoms with Crippen LogP contribution in [0.4, 0.5) is 5.95 Å². The van der Waals surface area contributed by atoms with Gasteiger partial charge in [-0.2, -0.15) is 0 Å². The summed E-state index contributed by atoms with van der Waals surface area (Å²) in [6.45, 7) is 12.2. The summed E-state index contributed by atoms with van der Waals surface area (Å²) >= 11 is 0. The van der Waals surface area contributed by atoms with Gasteiger partial charge in [-0.05, 0) is 35.4 Å². The summed E-state index contributed by atoms with van der Waals surface area (Å²) in [4.78, 5) is 25.5. The number of carbonyl (C=O) groups excluding carboxylic acids is 1. The molecule has 1 N–H and O–H groups in total. The Labute approximate surface area is 180 Å². The molecule has 1 aromatic heterocycles. The molecular weight excluding hydrogens is 374 g/mol. The Kier molecular flexibility index (Phi) is 7.80. The average Bonchev–Trinajstić information content (AvgIpc) is 2.79. The molecule has 6 nitrogen and oxygen atoms in total. The molecule has 0 saturated carbocycles. The van der Waals surface area contributed by atoms with E-state index in [-0.39, 0.29) is 11.9 Å². The van der Waals surface area contributed by atoms with Crippen molar-refractivity contribution in [2.45, 2.75) is 46.1 Å². The Morgan fingerprint density at radius 3 is 2.17 bits per heavy atom. The number of hydrogen-bond acceptors (Lipinski definition) is 5. The maximum absolute atomic E-state index is 12.8. The molecule has 3 rings (SSSR count). The van der Waals surface area contributed by atoms with Crippen LogP contribution in [0.15, 0.2) is 42.7 Å². The zero-order valence-corrected chi connectivity index (χ0v) is 18.7. The van der Waals surface area contributed by atoms with Gasteiger partial charge in [0.05, 0.1) is 6.54 Å². The van der Waals surface area contributed by atoms with E-state index in [2.05, 4.69) is 72.1 Å². The molecule has 0 spiro atoms. The third kappa shape index (κ3) is 5.57. The Morgan fingerprint density at radius 2 is 1.60 bits per heavy atom. The molecule has 6 heteroatoms. The number of aromatic nitrogens is 2. The fraction of sp³-hybridized carbons (Fsp3) is 0.542. The van der Waals surface area contributed by atoms with Crippen LogP contribution in [0.2, 0.25) is 0 Å². The summed E-state index contributed by atoms with van der Waals surface area (Å²) in [7, 11) is 0. The van der Waals surface area contributed by atoms with Crippen LogP contribution in [0.25, 0.3) is 0 Å². The number of nitrogens with one attached hydrogen (secondary N) is 1. The van der Waals surface area contributed by atoms with Crippen LogP contribution in [0.3, 0.4) is 0 Å². The van der Waals surface area contributed by atoms with Crippen molar-refractivity contribution < 1.29 is 4.79 Å². The van der Waals surface area contributed by atoms with Gasteiger partial charge >= 0.3 is 0 Å². The van der Waals surface area contributed by atoms with Gasteiger partial charge in [0, 0.05) is 44.6 Å². The molecule has 0 radical (unpaired) electrons. The van der Waals surface area contributed by atoms with Gasteiger partial charge in [-0.15, -0.1) is 0 Å². The zero-order valence-electron chi connectivity index (χ0n) is 18.7. The Bertz CT molecular complexity index is 785. The lowest BCUT2D eigenvalue weighted by molar-refractivity contribution is -0.130. The smallest absolute Gasteiger partial charge is 0.236 e. The molecule has 1 saturated heterocycles. The average molecular weight is 410 g/mol. The van der Waals surface area contributed by atoms with Crippen LogP contribution in [-0.4, -0.2) is 53.5 Å². The molecular formula is C24H35N5O. The van der Waals surface area contributed by atoms with Crippen molar-refractivity contribution in [3.05, 3.63) is 53.9 Å². The van der Waals surface area contributed by atoms with Gasteiger partial charge in [0.2, 0.25) is 11.9 Å². The maximum atomic E-state index is 12.8. The predicted molar refractivity (Wildman–Crippen MR) is 122 cm³/mol. The van der Waals surface area contributed by atoms with Crippen LogP contribution in [0, 0.1) is 5.92 Å². The minimum absolute atomic E-state index is 0.158. The summed E-state index contributed by atoms with van der Waals surface area (Å²) in [5.74, 6) is 1.87. The molecule has 2 heterocycles. The van der Waals surface area contributed by atoms with Gasteiger partial charge in [-0.25, -0.2) is 9.97 Å². The lowest BCUT2D eigenvalue weighted by Gasteiger charge is -2.35. The number of anilines is 1. The Balaban J connectivity index is 1.53. The second-order valence-corrected chi connectivity index (χ2v) is 8.50. The first-order valence-electron chi connectivity index (χ1n) is 11.1. The van der Waals surface area contributed by atoms with Crippen molar-refractivity contribution >= 4 is 11.9 Å². The predicted octanol–water partition coefficient (Wildman–Crippen LogP) is 3.63. The maximum Gasteiger partial charge on any atom is 0.236 e. The number of nitrogens with zero attached hydrogens (tertiary/aromatic N) is 4. The van der Waals surface area contributed by atoms with Crippen molar-refractivity contribution in [2.75, 3.05) is 37.6 Å². The van der Waals surface area contributed by atoms with Crippen LogP contribution in [0.5, 0.6) is 0 Å². The van der Waals surface area contributed by atoms with E-state index in [1.54, 1.807) is 12.4 Å². The van der Waals surface area contributed by atoms with E-state index in [4.69, 9.17) is 0 Å². The van der Waals surface area contributed by atoms with Gasteiger partial charge in [-0.1, -0.05) is 52.0 Å². The van der Waals surface area contributed by atoms with Crippen molar-refractivity contribution in [2.24, 2.45) is 5.92 Å². The fourth-order valence-electron chi connectivity index (χ4n) is 3.93. The standard InChI is InChI=1S/C24H35N5O/c1-5-19(4)20-7-9-21(10-8-20)23(18(2)3)27-17-22(30)28-13-15-29(16-14-28)24-25-11-6-12-26-24/h6-12,18-19,23,27H,5,13-17H2,1-4H3. The van der Waals surface area contributed by atoms with Crippen molar-refractivity contribution in [3.63, 3.8) is 0 Å². The third-order valence-corrected chi connectivity index (χ3v) is 6.08. The molecule has 162 valence electrons.